The van der Waals surface area contributed by atoms with E-state index < -0.39 is 0 Å². The fourth-order valence-electron chi connectivity index (χ4n) is 2.41. The van der Waals surface area contributed by atoms with E-state index in [1.807, 2.05) is 102 Å². The molecule has 0 saturated carbocycles. The second kappa shape index (κ2) is 7.18. The van der Waals surface area contributed by atoms with E-state index in [0.29, 0.717) is 5.82 Å². The molecule has 3 aromatic carbocycles. The Morgan fingerprint density at radius 3 is 1.57 bits per heavy atom. The number of benzene rings is 3. The van der Waals surface area contributed by atoms with Crippen LogP contribution in [0.2, 0.25) is 0 Å². The van der Waals surface area contributed by atoms with E-state index in [2.05, 4.69) is 5.11 Å². The van der Waals surface area contributed by atoms with Gasteiger partial charge in [-0.3, -0.25) is 4.90 Å². The van der Waals surface area contributed by atoms with E-state index in [4.69, 9.17) is 5.53 Å². The van der Waals surface area contributed by atoms with Gasteiger partial charge < -0.3 is 0 Å². The first-order chi connectivity index (χ1) is 11.4. The molecule has 0 fully saturated rings. The highest BCUT2D eigenvalue weighted by molar-refractivity contribution is 5.72. The van der Waals surface area contributed by atoms with Crippen LogP contribution in [0.4, 0.5) is 11.4 Å². The molecule has 3 nitrogen and oxygen atoms in total. The van der Waals surface area contributed by atoms with Crippen LogP contribution < -0.4 is 4.90 Å². The highest BCUT2D eigenvalue weighted by atomic mass is 15.3. The van der Waals surface area contributed by atoms with Crippen LogP contribution in [0, 0.1) is 5.53 Å². The van der Waals surface area contributed by atoms with Gasteiger partial charge in [0.15, 0.2) is 5.82 Å². The maximum atomic E-state index is 7.65. The summed E-state index contributed by atoms with van der Waals surface area (Å²) >= 11 is 0. The summed E-state index contributed by atoms with van der Waals surface area (Å²) in [4.78, 5) is 1.97. The molecule has 3 heteroatoms. The van der Waals surface area contributed by atoms with Crippen molar-refractivity contribution in [2.75, 3.05) is 4.90 Å². The molecule has 0 amide bonds. The van der Waals surface area contributed by atoms with Crippen LogP contribution in [-0.2, 0) is 0 Å². The van der Waals surface area contributed by atoms with Gasteiger partial charge in [-0.1, -0.05) is 66.7 Å². The fraction of sp³-hybridized carbons (Fsp3) is 0. The molecule has 0 radical (unpaired) electrons. The van der Waals surface area contributed by atoms with E-state index in [1.54, 1.807) is 0 Å². The van der Waals surface area contributed by atoms with Crippen molar-refractivity contribution in [2.24, 2.45) is 5.11 Å². The van der Waals surface area contributed by atoms with Crippen LogP contribution in [-0.4, -0.2) is 0 Å². The van der Waals surface area contributed by atoms with Crippen molar-refractivity contribution in [3.63, 3.8) is 0 Å². The fourth-order valence-corrected chi connectivity index (χ4v) is 2.41. The quantitative estimate of drug-likeness (QED) is 0.589. The van der Waals surface area contributed by atoms with Crippen LogP contribution in [0.25, 0.3) is 6.08 Å². The van der Waals surface area contributed by atoms with Crippen LogP contribution in [0.3, 0.4) is 0 Å². The lowest BCUT2D eigenvalue weighted by atomic mass is 10.2. The summed E-state index contributed by atoms with van der Waals surface area (Å²) < 4.78 is 0. The van der Waals surface area contributed by atoms with Crippen LogP contribution in [0.15, 0.2) is 102 Å². The molecular formula is C20H17N3. The summed E-state index contributed by atoms with van der Waals surface area (Å²) in [6.45, 7) is 0. The molecule has 0 aliphatic carbocycles. The largest absolute Gasteiger partial charge is 0.294 e. The zero-order valence-electron chi connectivity index (χ0n) is 12.6. The normalized spacial score (nSPS) is 11.0. The summed E-state index contributed by atoms with van der Waals surface area (Å²) in [5.74, 6) is 0.564. The zero-order valence-corrected chi connectivity index (χ0v) is 12.6. The second-order valence-electron chi connectivity index (χ2n) is 5.03. The summed E-state index contributed by atoms with van der Waals surface area (Å²) in [5.41, 5.74) is 10.6. The molecule has 112 valence electrons. The molecule has 0 heterocycles. The molecule has 3 aromatic rings. The van der Waals surface area contributed by atoms with E-state index in [0.717, 1.165) is 16.9 Å². The van der Waals surface area contributed by atoms with Gasteiger partial charge in [0, 0.05) is 11.4 Å². The van der Waals surface area contributed by atoms with Crippen molar-refractivity contribution in [3.8, 4) is 0 Å². The van der Waals surface area contributed by atoms with Crippen molar-refractivity contribution in [1.29, 1.82) is 5.53 Å². The van der Waals surface area contributed by atoms with Gasteiger partial charge in [-0.05, 0) is 35.9 Å². The Morgan fingerprint density at radius 1 is 0.696 bits per heavy atom. The zero-order chi connectivity index (χ0) is 15.9. The van der Waals surface area contributed by atoms with Gasteiger partial charge in [0.2, 0.25) is 0 Å². The van der Waals surface area contributed by atoms with Gasteiger partial charge in [0.05, 0.1) is 0 Å². The highest BCUT2D eigenvalue weighted by Gasteiger charge is 2.14. The Bertz CT molecular complexity index is 741. The van der Waals surface area contributed by atoms with E-state index in [-0.39, 0.29) is 0 Å². The smallest absolute Gasteiger partial charge is 0.160 e. The van der Waals surface area contributed by atoms with E-state index >= 15 is 0 Å². The minimum absolute atomic E-state index is 0.564. The number of anilines is 2. The molecular weight excluding hydrogens is 282 g/mol. The molecule has 1 N–H and O–H groups in total. The summed E-state index contributed by atoms with van der Waals surface area (Å²) in [5, 5.41) is 3.77. The van der Waals surface area contributed by atoms with Crippen molar-refractivity contribution >= 4 is 17.5 Å². The van der Waals surface area contributed by atoms with Gasteiger partial charge >= 0.3 is 0 Å². The lowest BCUT2D eigenvalue weighted by molar-refractivity contribution is 1.00. The maximum absolute atomic E-state index is 7.65. The Kier molecular flexibility index (Phi) is 4.60. The number of nitrogens with one attached hydrogen (secondary N) is 1. The van der Waals surface area contributed by atoms with Crippen molar-refractivity contribution in [2.45, 2.75) is 0 Å². The molecule has 0 unspecified atom stereocenters. The van der Waals surface area contributed by atoms with E-state index in [9.17, 15) is 0 Å². The molecule has 0 saturated heterocycles. The van der Waals surface area contributed by atoms with Gasteiger partial charge in [-0.25, -0.2) is 5.53 Å². The Morgan fingerprint density at radius 2 is 1.13 bits per heavy atom. The van der Waals surface area contributed by atoms with Crippen molar-refractivity contribution < 1.29 is 0 Å². The first kappa shape index (κ1) is 14.7. The van der Waals surface area contributed by atoms with Crippen molar-refractivity contribution in [1.82, 2.24) is 0 Å². The molecule has 0 aliphatic heterocycles. The van der Waals surface area contributed by atoms with Crippen LogP contribution in [0.1, 0.15) is 5.56 Å². The number of nitrogens with zero attached hydrogens (tertiary/aromatic N) is 2. The van der Waals surface area contributed by atoms with Crippen molar-refractivity contribution in [3.05, 3.63) is 102 Å². The first-order valence-corrected chi connectivity index (χ1v) is 7.43. The minimum atomic E-state index is 0.564. The minimum Gasteiger partial charge on any atom is -0.294 e. The van der Waals surface area contributed by atoms with Gasteiger partial charge in [-0.2, -0.15) is 0 Å². The third-order valence-corrected chi connectivity index (χ3v) is 3.47. The lowest BCUT2D eigenvalue weighted by Crippen LogP contribution is -2.14. The number of para-hydroxylation sites is 2. The molecule has 0 aromatic heterocycles. The Labute approximate surface area is 136 Å². The Hall–Kier alpha value is -3.20. The molecule has 0 atom stereocenters. The predicted octanol–water partition coefficient (Wildman–Crippen LogP) is 5.85. The molecule has 0 bridgehead atoms. The van der Waals surface area contributed by atoms with Gasteiger partial charge in [0.1, 0.15) is 0 Å². The summed E-state index contributed by atoms with van der Waals surface area (Å²) in [7, 11) is 0. The van der Waals surface area contributed by atoms with E-state index in [1.165, 1.54) is 0 Å². The van der Waals surface area contributed by atoms with Crippen LogP contribution in [0.5, 0.6) is 0 Å². The maximum Gasteiger partial charge on any atom is 0.160 e. The lowest BCUT2D eigenvalue weighted by Gasteiger charge is -2.24. The second-order valence-corrected chi connectivity index (χ2v) is 5.03. The number of rotatable bonds is 5. The topological polar surface area (TPSA) is 39.5 Å². The average molecular weight is 299 g/mol. The third kappa shape index (κ3) is 3.52. The monoisotopic (exact) mass is 299 g/mol. The Balaban J connectivity index is 2.11. The number of hydrogen-bond donors (Lipinski definition) is 1. The van der Waals surface area contributed by atoms with Crippen LogP contribution >= 0.6 is 0 Å². The molecule has 3 rings (SSSR count). The summed E-state index contributed by atoms with van der Waals surface area (Å²) in [6.07, 6.45) is 1.91. The predicted molar refractivity (Wildman–Crippen MR) is 94.6 cm³/mol. The molecule has 0 aliphatic rings. The van der Waals surface area contributed by atoms with Gasteiger partial charge in [0.25, 0.3) is 0 Å². The number of hydrogen-bond acceptors (Lipinski definition) is 3. The van der Waals surface area contributed by atoms with Gasteiger partial charge in [-0.15, -0.1) is 5.11 Å². The summed E-state index contributed by atoms with van der Waals surface area (Å²) in [6, 6.07) is 29.8. The third-order valence-electron chi connectivity index (χ3n) is 3.47. The molecule has 0 spiro atoms. The SMILES string of the molecule is N=NC(=Cc1ccccc1)N(c1ccccc1)c1ccccc1. The average Bonchev–Trinajstić information content (AvgIpc) is 2.64. The standard InChI is InChI=1S/C20H17N3/c21-22-20(16-17-10-4-1-5-11-17)23(18-12-6-2-7-13-18)19-14-8-3-9-15-19/h1-16,21H. The first-order valence-electron chi connectivity index (χ1n) is 7.43. The molecule has 23 heavy (non-hydrogen) atoms. The highest BCUT2D eigenvalue weighted by Crippen LogP contribution is 2.30.